The molecule has 3 heterocycles. The lowest BCUT2D eigenvalue weighted by atomic mass is 9.71. The first kappa shape index (κ1) is 15.1. The summed E-state index contributed by atoms with van der Waals surface area (Å²) < 4.78 is 11.2. The van der Waals surface area contributed by atoms with Gasteiger partial charge in [0, 0.05) is 26.1 Å². The van der Waals surface area contributed by atoms with Gasteiger partial charge in [0.05, 0.1) is 13.2 Å². The summed E-state index contributed by atoms with van der Waals surface area (Å²) in [6, 6.07) is 4.16. The Hall–Kier alpha value is -0.840. The van der Waals surface area contributed by atoms with Crippen molar-refractivity contribution in [1.29, 1.82) is 0 Å². The summed E-state index contributed by atoms with van der Waals surface area (Å²) in [6.07, 6.45) is 2.57. The Bertz CT molecular complexity index is 463. The van der Waals surface area contributed by atoms with Crippen molar-refractivity contribution in [2.75, 3.05) is 46.9 Å². The van der Waals surface area contributed by atoms with E-state index in [2.05, 4.69) is 29.0 Å². The third-order valence-corrected chi connectivity index (χ3v) is 5.38. The molecule has 21 heavy (non-hydrogen) atoms. The van der Waals surface area contributed by atoms with E-state index in [-0.39, 0.29) is 0 Å². The lowest BCUT2D eigenvalue weighted by Crippen LogP contribution is -2.44. The van der Waals surface area contributed by atoms with Crippen molar-refractivity contribution in [2.24, 2.45) is 11.3 Å². The Balaban J connectivity index is 1.58. The van der Waals surface area contributed by atoms with Crippen LogP contribution in [-0.4, -0.2) is 56.7 Å². The Morgan fingerprint density at radius 1 is 1.33 bits per heavy atom. The zero-order valence-corrected chi connectivity index (χ0v) is 13.6. The highest BCUT2D eigenvalue weighted by Crippen LogP contribution is 2.44. The van der Waals surface area contributed by atoms with E-state index in [0.717, 1.165) is 24.7 Å². The highest BCUT2D eigenvalue weighted by atomic mass is 16.5. The van der Waals surface area contributed by atoms with Crippen molar-refractivity contribution >= 4 is 0 Å². The second-order valence-electron chi connectivity index (χ2n) is 7.00. The number of nitrogens with zero attached hydrogens (tertiary/aromatic N) is 2. The third kappa shape index (κ3) is 3.17. The predicted octanol–water partition coefficient (Wildman–Crippen LogP) is 2.38. The minimum Gasteiger partial charge on any atom is -0.465 e. The third-order valence-electron chi connectivity index (χ3n) is 5.38. The molecule has 4 heteroatoms. The zero-order valence-electron chi connectivity index (χ0n) is 13.6. The van der Waals surface area contributed by atoms with Gasteiger partial charge in [-0.3, -0.25) is 4.90 Å². The molecule has 4 nitrogen and oxygen atoms in total. The standard InChI is InChI=1S/C17H28N2O2/c1-14-4-5-16(21-14)11-19-8-6-17(7-9-19)13-18(2)10-15(17)12-20-3/h4-5,15H,6-13H2,1-3H3. The van der Waals surface area contributed by atoms with E-state index in [1.807, 2.05) is 14.0 Å². The molecular formula is C17H28N2O2. The van der Waals surface area contributed by atoms with Crippen molar-refractivity contribution < 1.29 is 9.15 Å². The summed E-state index contributed by atoms with van der Waals surface area (Å²) in [7, 11) is 4.08. The number of hydrogen-bond acceptors (Lipinski definition) is 4. The zero-order chi connectivity index (χ0) is 14.9. The number of ether oxygens (including phenoxy) is 1. The monoisotopic (exact) mass is 292 g/mol. The molecule has 1 spiro atoms. The van der Waals surface area contributed by atoms with Crippen LogP contribution < -0.4 is 0 Å². The second-order valence-corrected chi connectivity index (χ2v) is 7.00. The summed E-state index contributed by atoms with van der Waals surface area (Å²) in [4.78, 5) is 5.01. The van der Waals surface area contributed by atoms with Gasteiger partial charge >= 0.3 is 0 Å². The largest absolute Gasteiger partial charge is 0.465 e. The normalized spacial score (nSPS) is 26.7. The Labute approximate surface area is 128 Å². The molecule has 1 aromatic rings. The van der Waals surface area contributed by atoms with Gasteiger partial charge in [-0.1, -0.05) is 0 Å². The molecule has 2 fully saturated rings. The summed E-state index contributed by atoms with van der Waals surface area (Å²) >= 11 is 0. The predicted molar refractivity (Wildman–Crippen MR) is 83.3 cm³/mol. The molecule has 118 valence electrons. The van der Waals surface area contributed by atoms with Gasteiger partial charge in [0.1, 0.15) is 11.5 Å². The van der Waals surface area contributed by atoms with Crippen LogP contribution in [0, 0.1) is 18.3 Å². The second kappa shape index (κ2) is 6.11. The molecule has 2 aliphatic rings. The van der Waals surface area contributed by atoms with E-state index in [9.17, 15) is 0 Å². The maximum atomic E-state index is 5.71. The van der Waals surface area contributed by atoms with Crippen molar-refractivity contribution in [3.8, 4) is 0 Å². The van der Waals surface area contributed by atoms with Crippen LogP contribution in [0.3, 0.4) is 0 Å². The first-order valence-corrected chi connectivity index (χ1v) is 8.06. The summed E-state index contributed by atoms with van der Waals surface area (Å²) in [5, 5.41) is 0. The molecule has 0 amide bonds. The quantitative estimate of drug-likeness (QED) is 0.852. The summed E-state index contributed by atoms with van der Waals surface area (Å²) in [6.45, 7) is 8.64. The van der Waals surface area contributed by atoms with Crippen LogP contribution in [0.2, 0.25) is 0 Å². The minimum atomic E-state index is 0.473. The van der Waals surface area contributed by atoms with E-state index in [4.69, 9.17) is 9.15 Å². The van der Waals surface area contributed by atoms with Crippen molar-refractivity contribution in [3.63, 3.8) is 0 Å². The van der Waals surface area contributed by atoms with Gasteiger partial charge in [0.2, 0.25) is 0 Å². The van der Waals surface area contributed by atoms with Crippen LogP contribution in [0.1, 0.15) is 24.4 Å². The molecule has 0 N–H and O–H groups in total. The Morgan fingerprint density at radius 3 is 2.71 bits per heavy atom. The van der Waals surface area contributed by atoms with Gasteiger partial charge in [-0.2, -0.15) is 0 Å². The van der Waals surface area contributed by atoms with E-state index in [1.165, 1.54) is 39.0 Å². The van der Waals surface area contributed by atoms with E-state index < -0.39 is 0 Å². The molecule has 0 aromatic carbocycles. The highest BCUT2D eigenvalue weighted by Gasteiger charge is 2.46. The van der Waals surface area contributed by atoms with Gasteiger partial charge in [-0.15, -0.1) is 0 Å². The lowest BCUT2D eigenvalue weighted by molar-refractivity contribution is 0.0334. The molecule has 2 saturated heterocycles. The minimum absolute atomic E-state index is 0.473. The molecule has 0 saturated carbocycles. The van der Waals surface area contributed by atoms with Crippen LogP contribution in [0.4, 0.5) is 0 Å². The number of likely N-dealkylation sites (tertiary alicyclic amines) is 2. The maximum absolute atomic E-state index is 5.71. The fraction of sp³-hybridized carbons (Fsp3) is 0.765. The van der Waals surface area contributed by atoms with E-state index in [1.54, 1.807) is 0 Å². The summed E-state index contributed by atoms with van der Waals surface area (Å²) in [5.74, 6) is 2.80. The van der Waals surface area contributed by atoms with Crippen molar-refractivity contribution in [3.05, 3.63) is 23.7 Å². The molecule has 3 rings (SSSR count). The van der Waals surface area contributed by atoms with Gasteiger partial charge in [-0.05, 0) is 57.5 Å². The number of piperidine rings is 1. The molecule has 0 aliphatic carbocycles. The van der Waals surface area contributed by atoms with Crippen LogP contribution in [0.15, 0.2) is 16.5 Å². The Kier molecular flexibility index (Phi) is 4.38. The highest BCUT2D eigenvalue weighted by molar-refractivity contribution is 5.06. The topological polar surface area (TPSA) is 28.9 Å². The molecule has 1 aromatic heterocycles. The van der Waals surface area contributed by atoms with Gasteiger partial charge < -0.3 is 14.1 Å². The van der Waals surface area contributed by atoms with Gasteiger partial charge in [0.15, 0.2) is 0 Å². The van der Waals surface area contributed by atoms with Crippen LogP contribution >= 0.6 is 0 Å². The molecule has 1 unspecified atom stereocenters. The number of aryl methyl sites for hydroxylation is 1. The number of rotatable bonds is 4. The van der Waals surface area contributed by atoms with Gasteiger partial charge in [-0.25, -0.2) is 0 Å². The fourth-order valence-corrected chi connectivity index (χ4v) is 4.25. The first-order chi connectivity index (χ1) is 10.1. The maximum Gasteiger partial charge on any atom is 0.118 e. The van der Waals surface area contributed by atoms with Crippen molar-refractivity contribution in [1.82, 2.24) is 9.80 Å². The van der Waals surface area contributed by atoms with Crippen LogP contribution in [0.25, 0.3) is 0 Å². The lowest BCUT2D eigenvalue weighted by Gasteiger charge is -2.42. The van der Waals surface area contributed by atoms with E-state index in [0.29, 0.717) is 11.3 Å². The molecule has 2 aliphatic heterocycles. The fourth-order valence-electron chi connectivity index (χ4n) is 4.25. The number of hydrogen-bond donors (Lipinski definition) is 0. The smallest absolute Gasteiger partial charge is 0.118 e. The van der Waals surface area contributed by atoms with Gasteiger partial charge in [0.25, 0.3) is 0 Å². The van der Waals surface area contributed by atoms with Crippen LogP contribution in [-0.2, 0) is 11.3 Å². The first-order valence-electron chi connectivity index (χ1n) is 8.06. The molecule has 1 atom stereocenters. The molecule has 0 bridgehead atoms. The van der Waals surface area contributed by atoms with Crippen LogP contribution in [0.5, 0.6) is 0 Å². The Morgan fingerprint density at radius 2 is 2.10 bits per heavy atom. The molecule has 0 radical (unpaired) electrons. The molecular weight excluding hydrogens is 264 g/mol. The number of methoxy groups -OCH3 is 1. The SMILES string of the molecule is COCC1CN(C)CC12CCN(Cc1ccc(C)o1)CC2. The van der Waals surface area contributed by atoms with Crippen molar-refractivity contribution in [2.45, 2.75) is 26.3 Å². The number of furan rings is 1. The summed E-state index contributed by atoms with van der Waals surface area (Å²) in [5.41, 5.74) is 0.473. The average molecular weight is 292 g/mol. The van der Waals surface area contributed by atoms with E-state index >= 15 is 0 Å². The average Bonchev–Trinajstić information content (AvgIpc) is 2.98.